The number of carbonyl (C=O) groups is 1. The van der Waals surface area contributed by atoms with Gasteiger partial charge in [0.15, 0.2) is 0 Å². The van der Waals surface area contributed by atoms with Gasteiger partial charge in [0, 0.05) is 20.2 Å². The summed E-state index contributed by atoms with van der Waals surface area (Å²) < 4.78 is 49.1. The highest BCUT2D eigenvalue weighted by Gasteiger charge is 2.19. The van der Waals surface area contributed by atoms with E-state index < -0.39 is 5.60 Å². The number of carbonyl (C=O) groups excluding carboxylic acids is 1. The van der Waals surface area contributed by atoms with Crippen molar-refractivity contribution in [2.75, 3.05) is 119 Å². The van der Waals surface area contributed by atoms with Gasteiger partial charge >= 0.3 is 6.09 Å². The van der Waals surface area contributed by atoms with E-state index in [1.807, 2.05) is 20.8 Å². The van der Waals surface area contributed by atoms with Crippen molar-refractivity contribution in [3.63, 3.8) is 0 Å². The van der Waals surface area contributed by atoms with E-state index in [2.05, 4.69) is 6.92 Å². The summed E-state index contributed by atoms with van der Waals surface area (Å²) in [6, 6.07) is 0. The van der Waals surface area contributed by atoms with Crippen LogP contribution in [0.1, 0.15) is 59.8 Å². The lowest BCUT2D eigenvalue weighted by atomic mass is 10.2. The van der Waals surface area contributed by atoms with Gasteiger partial charge in [-0.15, -0.1) is 0 Å². The molecule has 0 atom stereocenters. The molecule has 0 saturated heterocycles. The number of rotatable bonds is 30. The third kappa shape index (κ3) is 31.5. The number of unbranched alkanes of at least 4 members (excludes halogenated alkanes) is 4. The molecule has 0 fully saturated rings. The molecule has 0 radical (unpaired) electrons. The summed E-state index contributed by atoms with van der Waals surface area (Å²) in [6.45, 7) is 16.8. The molecule has 0 rings (SSSR count). The quantitative estimate of drug-likeness (QED) is 0.116. The van der Waals surface area contributed by atoms with E-state index in [9.17, 15) is 4.79 Å². The Labute approximate surface area is 243 Å². The second-order valence-electron chi connectivity index (χ2n) is 10.2. The van der Waals surface area contributed by atoms with Gasteiger partial charge in [0.05, 0.1) is 99.1 Å². The van der Waals surface area contributed by atoms with Crippen molar-refractivity contribution in [3.05, 3.63) is 0 Å². The summed E-state index contributed by atoms with van der Waals surface area (Å²) >= 11 is 0. The highest BCUT2D eigenvalue weighted by atomic mass is 16.6. The second kappa shape index (κ2) is 29.4. The Balaban J connectivity index is 3.15. The summed E-state index contributed by atoms with van der Waals surface area (Å²) in [5.74, 6) is 0. The molecule has 0 saturated carbocycles. The summed E-state index contributed by atoms with van der Waals surface area (Å²) in [5, 5.41) is 0. The zero-order valence-corrected chi connectivity index (χ0v) is 26.1. The van der Waals surface area contributed by atoms with E-state index in [4.69, 9.17) is 42.6 Å². The van der Waals surface area contributed by atoms with Crippen LogP contribution in [0.5, 0.6) is 0 Å². The lowest BCUT2D eigenvalue weighted by molar-refractivity contribution is -0.0236. The Kier molecular flexibility index (Phi) is 28.7. The van der Waals surface area contributed by atoms with Gasteiger partial charge in [-0.25, -0.2) is 4.79 Å². The van der Waals surface area contributed by atoms with Gasteiger partial charge in [0.1, 0.15) is 5.60 Å². The van der Waals surface area contributed by atoms with Crippen molar-refractivity contribution in [1.82, 2.24) is 4.90 Å². The van der Waals surface area contributed by atoms with Gasteiger partial charge in [-0.05, 0) is 27.2 Å². The minimum absolute atomic E-state index is 0.358. The van der Waals surface area contributed by atoms with Crippen LogP contribution in [0.3, 0.4) is 0 Å². The summed E-state index contributed by atoms with van der Waals surface area (Å²) in [7, 11) is 1.69. The van der Waals surface area contributed by atoms with E-state index in [1.165, 1.54) is 30.6 Å². The fraction of sp³-hybridized carbons (Fsp3) is 0.966. The molecule has 0 aliphatic heterocycles. The van der Waals surface area contributed by atoms with Crippen LogP contribution >= 0.6 is 0 Å². The van der Waals surface area contributed by atoms with Gasteiger partial charge < -0.3 is 47.5 Å². The zero-order chi connectivity index (χ0) is 29.6. The monoisotopic (exact) mass is 581 g/mol. The van der Waals surface area contributed by atoms with Crippen LogP contribution in [0.15, 0.2) is 0 Å². The molecule has 0 bridgehead atoms. The Hall–Kier alpha value is -1.05. The fourth-order valence-electron chi connectivity index (χ4n) is 3.08. The highest BCUT2D eigenvalue weighted by molar-refractivity contribution is 5.67. The predicted molar refractivity (Wildman–Crippen MR) is 154 cm³/mol. The molecule has 0 aromatic carbocycles. The van der Waals surface area contributed by atoms with Gasteiger partial charge in [-0.3, -0.25) is 0 Å². The van der Waals surface area contributed by atoms with Gasteiger partial charge in [0.25, 0.3) is 0 Å². The normalized spacial score (nSPS) is 11.7. The van der Waals surface area contributed by atoms with Crippen molar-refractivity contribution in [1.29, 1.82) is 0 Å². The summed E-state index contributed by atoms with van der Waals surface area (Å²) in [5.41, 5.74) is -0.502. The van der Waals surface area contributed by atoms with Crippen molar-refractivity contribution >= 4 is 6.09 Å². The minimum Gasteiger partial charge on any atom is -0.444 e. The van der Waals surface area contributed by atoms with Crippen LogP contribution in [0.2, 0.25) is 0 Å². The number of amides is 1. The van der Waals surface area contributed by atoms with Crippen LogP contribution < -0.4 is 0 Å². The first-order valence-corrected chi connectivity index (χ1v) is 14.9. The molecule has 11 heteroatoms. The third-order valence-corrected chi connectivity index (χ3v) is 5.27. The van der Waals surface area contributed by atoms with Crippen LogP contribution in [0.25, 0.3) is 0 Å². The maximum atomic E-state index is 11.8. The Bertz CT molecular complexity index is 533. The van der Waals surface area contributed by atoms with Crippen LogP contribution in [0, 0.1) is 0 Å². The van der Waals surface area contributed by atoms with E-state index >= 15 is 0 Å². The van der Waals surface area contributed by atoms with Gasteiger partial charge in [-0.2, -0.15) is 0 Å². The number of hydrogen-bond acceptors (Lipinski definition) is 10. The first kappa shape index (κ1) is 39.0. The van der Waals surface area contributed by atoms with Crippen LogP contribution in [-0.2, 0) is 42.6 Å². The second-order valence-corrected chi connectivity index (χ2v) is 10.2. The number of likely N-dealkylation sites (N-methyl/N-ethyl adjacent to an activating group) is 1. The van der Waals surface area contributed by atoms with Crippen molar-refractivity contribution in [2.24, 2.45) is 0 Å². The van der Waals surface area contributed by atoms with Gasteiger partial charge in [-0.1, -0.05) is 32.6 Å². The topological polar surface area (TPSA) is 103 Å². The third-order valence-electron chi connectivity index (χ3n) is 5.27. The molecule has 240 valence electrons. The number of hydrogen-bond donors (Lipinski definition) is 0. The molecule has 0 aromatic heterocycles. The average molecular weight is 582 g/mol. The lowest BCUT2D eigenvalue weighted by Gasteiger charge is -2.24. The smallest absolute Gasteiger partial charge is 0.410 e. The van der Waals surface area contributed by atoms with Crippen LogP contribution in [-0.4, -0.2) is 136 Å². The maximum Gasteiger partial charge on any atom is 0.410 e. The first-order valence-electron chi connectivity index (χ1n) is 14.9. The zero-order valence-electron chi connectivity index (χ0n) is 26.1. The molecule has 0 aliphatic carbocycles. The summed E-state index contributed by atoms with van der Waals surface area (Å²) in [6.07, 6.45) is 5.91. The standard InChI is InChI=1S/C29H59NO10/c1-6-7-8-9-10-12-32-14-16-34-18-20-36-22-24-38-26-27-39-25-23-37-21-19-35-17-15-33-13-11-30(5)28(31)40-29(2,3)4/h6-27H2,1-5H3. The molecule has 0 aromatic rings. The SMILES string of the molecule is CCCCCCCOCCOCCOCCOCCOCCOCCOCCOCCN(C)C(=O)OC(C)(C)C. The summed E-state index contributed by atoms with van der Waals surface area (Å²) in [4.78, 5) is 13.3. The predicted octanol–water partition coefficient (Wildman–Crippen LogP) is 3.96. The molecular weight excluding hydrogens is 522 g/mol. The Morgan fingerprint density at radius 1 is 0.500 bits per heavy atom. The van der Waals surface area contributed by atoms with Crippen molar-refractivity contribution in [3.8, 4) is 0 Å². The Morgan fingerprint density at radius 3 is 1.18 bits per heavy atom. The van der Waals surface area contributed by atoms with E-state index in [1.54, 1.807) is 7.05 Å². The van der Waals surface area contributed by atoms with E-state index in [-0.39, 0.29) is 6.09 Å². The molecule has 0 aliphatic rings. The number of nitrogens with zero attached hydrogens (tertiary/aromatic N) is 1. The van der Waals surface area contributed by atoms with Crippen molar-refractivity contribution in [2.45, 2.75) is 65.4 Å². The minimum atomic E-state index is -0.502. The molecule has 0 N–H and O–H groups in total. The fourth-order valence-corrected chi connectivity index (χ4v) is 3.08. The molecule has 11 nitrogen and oxygen atoms in total. The van der Waals surface area contributed by atoms with Crippen LogP contribution in [0.4, 0.5) is 4.79 Å². The number of ether oxygens (including phenoxy) is 9. The molecule has 0 unspecified atom stereocenters. The van der Waals surface area contributed by atoms with Crippen molar-refractivity contribution < 1.29 is 47.4 Å². The first-order chi connectivity index (χ1) is 19.4. The molecule has 0 spiro atoms. The van der Waals surface area contributed by atoms with E-state index in [0.29, 0.717) is 106 Å². The average Bonchev–Trinajstić information content (AvgIpc) is 2.91. The lowest BCUT2D eigenvalue weighted by Crippen LogP contribution is -2.36. The largest absolute Gasteiger partial charge is 0.444 e. The molecular formula is C29H59NO10. The van der Waals surface area contributed by atoms with E-state index in [0.717, 1.165) is 13.0 Å². The molecule has 1 amide bonds. The Morgan fingerprint density at radius 2 is 0.825 bits per heavy atom. The molecule has 0 heterocycles. The van der Waals surface area contributed by atoms with Gasteiger partial charge in [0.2, 0.25) is 0 Å². The maximum absolute atomic E-state index is 11.8. The highest BCUT2D eigenvalue weighted by Crippen LogP contribution is 2.08. The molecule has 40 heavy (non-hydrogen) atoms.